The molecule has 0 aromatic heterocycles. The minimum absolute atomic E-state index is 0.623. The molecule has 1 aliphatic rings. The van der Waals surface area contributed by atoms with Gasteiger partial charge in [0.15, 0.2) is 0 Å². The van der Waals surface area contributed by atoms with Crippen molar-refractivity contribution in [3.8, 4) is 0 Å². The van der Waals surface area contributed by atoms with Crippen molar-refractivity contribution in [1.29, 1.82) is 0 Å². The van der Waals surface area contributed by atoms with E-state index >= 15 is 0 Å². The van der Waals surface area contributed by atoms with Gasteiger partial charge in [-0.1, -0.05) is 50.1 Å². The zero-order valence-corrected chi connectivity index (χ0v) is 10.9. The lowest BCUT2D eigenvalue weighted by molar-refractivity contribution is 0.163. The van der Waals surface area contributed by atoms with E-state index in [0.29, 0.717) is 6.04 Å². The van der Waals surface area contributed by atoms with Crippen LogP contribution < -0.4 is 5.32 Å². The van der Waals surface area contributed by atoms with Gasteiger partial charge in [0.1, 0.15) is 0 Å². The lowest BCUT2D eigenvalue weighted by Gasteiger charge is -2.35. The molecule has 1 N–H and O–H groups in total. The predicted molar refractivity (Wildman–Crippen MR) is 73.2 cm³/mol. The quantitative estimate of drug-likeness (QED) is 0.840. The number of benzene rings is 1. The van der Waals surface area contributed by atoms with Crippen molar-refractivity contribution in [3.05, 3.63) is 35.9 Å². The molecule has 1 atom stereocenters. The van der Waals surface area contributed by atoms with Crippen LogP contribution >= 0.6 is 0 Å². The Kier molecular flexibility index (Phi) is 5.02. The minimum Gasteiger partial charge on any atom is -0.314 e. The Morgan fingerprint density at radius 2 is 1.88 bits per heavy atom. The molecule has 1 fully saturated rings. The highest BCUT2D eigenvalue weighted by atomic mass is 15.2. The Labute approximate surface area is 105 Å². The summed E-state index contributed by atoms with van der Waals surface area (Å²) < 4.78 is 0. The minimum atomic E-state index is 0.623. The van der Waals surface area contributed by atoms with E-state index in [2.05, 4.69) is 47.5 Å². The van der Waals surface area contributed by atoms with Crippen molar-refractivity contribution < 1.29 is 0 Å². The van der Waals surface area contributed by atoms with Crippen LogP contribution in [0.2, 0.25) is 0 Å². The Morgan fingerprint density at radius 3 is 2.53 bits per heavy atom. The van der Waals surface area contributed by atoms with Crippen LogP contribution in [0.15, 0.2) is 30.3 Å². The van der Waals surface area contributed by atoms with Crippen molar-refractivity contribution in [3.63, 3.8) is 0 Å². The summed E-state index contributed by atoms with van der Waals surface area (Å²) in [5.74, 6) is 0. The fourth-order valence-corrected chi connectivity index (χ4v) is 2.63. The molecule has 1 aromatic rings. The lowest BCUT2D eigenvalue weighted by atomic mass is 9.99. The monoisotopic (exact) mass is 232 g/mol. The van der Waals surface area contributed by atoms with E-state index in [4.69, 9.17) is 0 Å². The molecule has 1 saturated heterocycles. The van der Waals surface area contributed by atoms with Crippen LogP contribution in [0.5, 0.6) is 0 Å². The second-order valence-electron chi connectivity index (χ2n) is 4.85. The van der Waals surface area contributed by atoms with Crippen LogP contribution in [0.1, 0.15) is 37.8 Å². The summed E-state index contributed by atoms with van der Waals surface area (Å²) in [5.41, 5.74) is 1.49. The van der Waals surface area contributed by atoms with Crippen LogP contribution in [0.3, 0.4) is 0 Å². The fraction of sp³-hybridized carbons (Fsp3) is 0.600. The molecule has 2 nitrogen and oxygen atoms in total. The molecular formula is C15H24N2. The summed E-state index contributed by atoms with van der Waals surface area (Å²) in [6, 6.07) is 11.6. The number of rotatable bonds is 5. The molecule has 17 heavy (non-hydrogen) atoms. The third-order valence-corrected chi connectivity index (χ3v) is 3.61. The third-order valence-electron chi connectivity index (χ3n) is 3.61. The molecule has 1 aromatic carbocycles. The highest BCUT2D eigenvalue weighted by molar-refractivity contribution is 5.19. The van der Waals surface area contributed by atoms with Crippen molar-refractivity contribution in [2.45, 2.75) is 32.2 Å². The standard InChI is InChI=1S/C15H24N2/c1-2-3-9-15(14-7-5-4-6-8-14)17-12-10-16-11-13-17/h4-8,15-16H,2-3,9-13H2,1H3/t15-/m0/s1. The number of nitrogens with zero attached hydrogens (tertiary/aromatic N) is 1. The molecule has 1 aliphatic heterocycles. The number of hydrogen-bond donors (Lipinski definition) is 1. The molecular weight excluding hydrogens is 208 g/mol. The Morgan fingerprint density at radius 1 is 1.18 bits per heavy atom. The number of piperazine rings is 1. The first kappa shape index (κ1) is 12.6. The maximum atomic E-state index is 3.44. The summed E-state index contributed by atoms with van der Waals surface area (Å²) >= 11 is 0. The zero-order valence-electron chi connectivity index (χ0n) is 10.9. The van der Waals surface area contributed by atoms with Crippen LogP contribution in [0.4, 0.5) is 0 Å². The molecule has 0 unspecified atom stereocenters. The van der Waals surface area contributed by atoms with Gasteiger partial charge in [0.05, 0.1) is 0 Å². The fourth-order valence-electron chi connectivity index (χ4n) is 2.63. The van der Waals surface area contributed by atoms with Gasteiger partial charge in [-0.05, 0) is 12.0 Å². The topological polar surface area (TPSA) is 15.3 Å². The van der Waals surface area contributed by atoms with Crippen LogP contribution in [0.25, 0.3) is 0 Å². The van der Waals surface area contributed by atoms with Crippen molar-refractivity contribution >= 4 is 0 Å². The van der Waals surface area contributed by atoms with Gasteiger partial charge in [-0.3, -0.25) is 4.90 Å². The summed E-state index contributed by atoms with van der Waals surface area (Å²) in [7, 11) is 0. The lowest BCUT2D eigenvalue weighted by Crippen LogP contribution is -2.45. The highest BCUT2D eigenvalue weighted by Crippen LogP contribution is 2.26. The van der Waals surface area contributed by atoms with E-state index in [1.54, 1.807) is 0 Å². The van der Waals surface area contributed by atoms with E-state index in [1.165, 1.54) is 37.9 Å². The molecule has 1 heterocycles. The molecule has 0 amide bonds. The summed E-state index contributed by atoms with van der Waals surface area (Å²) in [4.78, 5) is 2.64. The molecule has 0 radical (unpaired) electrons. The van der Waals surface area contributed by atoms with Gasteiger partial charge in [0, 0.05) is 32.2 Å². The Hall–Kier alpha value is -0.860. The van der Waals surface area contributed by atoms with Gasteiger partial charge in [0.25, 0.3) is 0 Å². The maximum Gasteiger partial charge on any atom is 0.0349 e. The summed E-state index contributed by atoms with van der Waals surface area (Å²) in [6.45, 7) is 6.91. The number of unbranched alkanes of at least 4 members (excludes halogenated alkanes) is 1. The van der Waals surface area contributed by atoms with Gasteiger partial charge in [-0.25, -0.2) is 0 Å². The normalized spacial score (nSPS) is 19.1. The molecule has 0 spiro atoms. The molecule has 0 saturated carbocycles. The average molecular weight is 232 g/mol. The summed E-state index contributed by atoms with van der Waals surface area (Å²) in [6.07, 6.45) is 3.90. The number of nitrogens with one attached hydrogen (secondary N) is 1. The highest BCUT2D eigenvalue weighted by Gasteiger charge is 2.21. The van der Waals surface area contributed by atoms with Crippen molar-refractivity contribution in [1.82, 2.24) is 10.2 Å². The largest absolute Gasteiger partial charge is 0.314 e. The zero-order chi connectivity index (χ0) is 11.9. The van der Waals surface area contributed by atoms with Gasteiger partial charge in [-0.15, -0.1) is 0 Å². The van der Waals surface area contributed by atoms with Gasteiger partial charge < -0.3 is 5.32 Å². The SMILES string of the molecule is CCCC[C@@H](c1ccccc1)N1CCNCC1. The average Bonchev–Trinajstić information content (AvgIpc) is 2.42. The maximum absolute atomic E-state index is 3.44. The van der Waals surface area contributed by atoms with Crippen LogP contribution in [0, 0.1) is 0 Å². The molecule has 0 bridgehead atoms. The van der Waals surface area contributed by atoms with Crippen molar-refractivity contribution in [2.24, 2.45) is 0 Å². The van der Waals surface area contributed by atoms with Crippen molar-refractivity contribution in [2.75, 3.05) is 26.2 Å². The molecule has 0 aliphatic carbocycles. The first-order valence-corrected chi connectivity index (χ1v) is 6.91. The number of hydrogen-bond acceptors (Lipinski definition) is 2. The van der Waals surface area contributed by atoms with E-state index in [-0.39, 0.29) is 0 Å². The van der Waals surface area contributed by atoms with E-state index in [1.807, 2.05) is 0 Å². The van der Waals surface area contributed by atoms with Gasteiger partial charge in [-0.2, -0.15) is 0 Å². The first-order valence-electron chi connectivity index (χ1n) is 6.91. The Bertz CT molecular complexity index is 304. The van der Waals surface area contributed by atoms with Crippen LogP contribution in [-0.2, 0) is 0 Å². The molecule has 2 rings (SSSR count). The second kappa shape index (κ2) is 6.77. The van der Waals surface area contributed by atoms with Gasteiger partial charge in [0.2, 0.25) is 0 Å². The van der Waals surface area contributed by atoms with E-state index in [0.717, 1.165) is 13.1 Å². The second-order valence-corrected chi connectivity index (χ2v) is 4.85. The molecule has 2 heteroatoms. The smallest absolute Gasteiger partial charge is 0.0349 e. The van der Waals surface area contributed by atoms with E-state index < -0.39 is 0 Å². The summed E-state index contributed by atoms with van der Waals surface area (Å²) in [5, 5.41) is 3.44. The van der Waals surface area contributed by atoms with Gasteiger partial charge >= 0.3 is 0 Å². The first-order chi connectivity index (χ1) is 8.42. The molecule has 94 valence electrons. The van der Waals surface area contributed by atoms with E-state index in [9.17, 15) is 0 Å². The predicted octanol–water partition coefficient (Wildman–Crippen LogP) is 2.82. The Balaban J connectivity index is 2.06. The third kappa shape index (κ3) is 3.55. The van der Waals surface area contributed by atoms with Crippen LogP contribution in [-0.4, -0.2) is 31.1 Å².